The van der Waals surface area contributed by atoms with Crippen molar-refractivity contribution in [1.82, 2.24) is 0 Å². The predicted octanol–water partition coefficient (Wildman–Crippen LogP) is 7.52. The van der Waals surface area contributed by atoms with E-state index in [9.17, 15) is 0 Å². The first-order valence-corrected chi connectivity index (χ1v) is 9.62. The normalized spacial score (nSPS) is 13.6. The maximum absolute atomic E-state index is 5.65. The lowest BCUT2D eigenvalue weighted by atomic mass is 9.94. The van der Waals surface area contributed by atoms with E-state index in [1.54, 1.807) is 6.08 Å². The molecule has 2 nitrogen and oxygen atoms in total. The van der Waals surface area contributed by atoms with Crippen LogP contribution in [0, 0.1) is 0 Å². The zero-order chi connectivity index (χ0) is 19.5. The van der Waals surface area contributed by atoms with Crippen LogP contribution in [0.25, 0.3) is 5.57 Å². The van der Waals surface area contributed by atoms with Gasteiger partial charge in [-0.05, 0) is 24.5 Å². The summed E-state index contributed by atoms with van der Waals surface area (Å²) < 4.78 is 11.1. The average molecular weight is 347 g/mol. The number of benzene rings is 1. The third-order valence-electron chi connectivity index (χ3n) is 3.00. The first-order chi connectivity index (χ1) is 12.4. The molecule has 0 aromatic heterocycles. The Kier molecular flexibility index (Phi) is 18.9. The van der Waals surface area contributed by atoms with E-state index in [4.69, 9.17) is 9.47 Å². The molecule has 1 aromatic carbocycles. The summed E-state index contributed by atoms with van der Waals surface area (Å²) in [6.07, 6.45) is 8.16. The van der Waals surface area contributed by atoms with Crippen molar-refractivity contribution in [2.45, 2.75) is 67.9 Å². The Balaban J connectivity index is 0. The number of hydrogen-bond acceptors (Lipinski definition) is 2. The van der Waals surface area contributed by atoms with Gasteiger partial charge in [0, 0.05) is 12.0 Å². The molecule has 3 rings (SSSR count). The fraction of sp³-hybridized carbons (Fsp3) is 0.478. The minimum Gasteiger partial charge on any atom is -0.471 e. The number of rotatable bonds is 0. The summed E-state index contributed by atoms with van der Waals surface area (Å²) in [6.45, 7) is 18.2. The van der Waals surface area contributed by atoms with Gasteiger partial charge in [0.2, 0.25) is 0 Å². The van der Waals surface area contributed by atoms with Gasteiger partial charge in [-0.25, -0.2) is 0 Å². The van der Waals surface area contributed by atoms with Crippen LogP contribution < -0.4 is 0 Å². The van der Waals surface area contributed by atoms with Crippen LogP contribution in [-0.4, -0.2) is 6.79 Å². The van der Waals surface area contributed by atoms with Crippen LogP contribution in [0.15, 0.2) is 54.8 Å². The van der Waals surface area contributed by atoms with Crippen LogP contribution >= 0.6 is 0 Å². The number of hydrogen-bond donors (Lipinski definition) is 0. The highest BCUT2D eigenvalue weighted by Gasteiger charge is 2.16. The Bertz CT molecular complexity index is 499. The standard InChI is InChI=1S/C14H14O2.C3H6.3C2H6/c1-2-6-12-11(5-1)9-15-10-16-14-8-4-3-7-13(12)14;1-3-2;3*1-2/h1-3,5-7H,4,8-10H2;3H,1H2,2H3;3*1-2H3. The highest BCUT2D eigenvalue weighted by Crippen LogP contribution is 2.31. The molecule has 142 valence electrons. The van der Waals surface area contributed by atoms with Crippen molar-refractivity contribution in [3.63, 3.8) is 0 Å². The molecule has 0 saturated heterocycles. The fourth-order valence-electron chi connectivity index (χ4n) is 2.21. The van der Waals surface area contributed by atoms with Gasteiger partial charge >= 0.3 is 0 Å². The molecule has 0 amide bonds. The molecule has 0 unspecified atom stereocenters. The Labute approximate surface area is 156 Å². The lowest BCUT2D eigenvalue weighted by Crippen LogP contribution is -2.09. The van der Waals surface area contributed by atoms with E-state index in [0.29, 0.717) is 13.4 Å². The minimum atomic E-state index is 0.362. The van der Waals surface area contributed by atoms with Crippen molar-refractivity contribution in [3.8, 4) is 0 Å². The van der Waals surface area contributed by atoms with Crippen molar-refractivity contribution >= 4 is 5.57 Å². The first-order valence-electron chi connectivity index (χ1n) is 9.62. The van der Waals surface area contributed by atoms with Crippen molar-refractivity contribution < 1.29 is 9.47 Å². The third kappa shape index (κ3) is 9.31. The smallest absolute Gasteiger partial charge is 0.188 e. The molecule has 0 bridgehead atoms. The van der Waals surface area contributed by atoms with E-state index in [1.807, 2.05) is 48.5 Å². The average Bonchev–Trinajstić information content (AvgIpc) is 2.69. The van der Waals surface area contributed by atoms with Gasteiger partial charge < -0.3 is 9.47 Å². The lowest BCUT2D eigenvalue weighted by Gasteiger charge is -2.22. The van der Waals surface area contributed by atoms with Crippen LogP contribution in [0.1, 0.15) is 72.4 Å². The molecule has 2 aliphatic rings. The van der Waals surface area contributed by atoms with Crippen LogP contribution in [-0.2, 0) is 16.1 Å². The second kappa shape index (κ2) is 18.5. The number of ether oxygens (including phenoxy) is 2. The molecule has 1 aromatic rings. The molecule has 1 aliphatic heterocycles. The summed E-state index contributed by atoms with van der Waals surface area (Å²) in [5.74, 6) is 1.06. The van der Waals surface area contributed by atoms with Gasteiger partial charge in [-0.1, -0.05) is 84.0 Å². The van der Waals surface area contributed by atoms with Gasteiger partial charge in [0.05, 0.1) is 6.61 Å². The third-order valence-corrected chi connectivity index (χ3v) is 3.00. The van der Waals surface area contributed by atoms with Crippen LogP contribution in [0.5, 0.6) is 0 Å². The Morgan fingerprint density at radius 3 is 2.24 bits per heavy atom. The summed E-state index contributed by atoms with van der Waals surface area (Å²) in [4.78, 5) is 0. The van der Waals surface area contributed by atoms with E-state index in [-0.39, 0.29) is 0 Å². The molecule has 0 spiro atoms. The van der Waals surface area contributed by atoms with E-state index < -0.39 is 0 Å². The molecular formula is C23H38O2. The van der Waals surface area contributed by atoms with Crippen LogP contribution in [0.3, 0.4) is 0 Å². The van der Waals surface area contributed by atoms with Gasteiger partial charge in [-0.15, -0.1) is 6.58 Å². The van der Waals surface area contributed by atoms with Crippen molar-refractivity contribution in [3.05, 3.63) is 66.0 Å². The highest BCUT2D eigenvalue weighted by atomic mass is 16.7. The topological polar surface area (TPSA) is 18.5 Å². The van der Waals surface area contributed by atoms with E-state index in [2.05, 4.69) is 43.0 Å². The van der Waals surface area contributed by atoms with E-state index in [1.165, 1.54) is 16.7 Å². The maximum Gasteiger partial charge on any atom is 0.188 e. The van der Waals surface area contributed by atoms with Crippen LogP contribution in [0.4, 0.5) is 0 Å². The Hall–Kier alpha value is -1.80. The zero-order valence-corrected chi connectivity index (χ0v) is 17.4. The van der Waals surface area contributed by atoms with Gasteiger partial charge in [0.25, 0.3) is 0 Å². The van der Waals surface area contributed by atoms with Crippen molar-refractivity contribution in [2.75, 3.05) is 6.79 Å². The monoisotopic (exact) mass is 346 g/mol. The SMILES string of the molecule is C1=CC2=C(CC1)OCOCc1ccccc12.C=CC.CC.CC.CC. The van der Waals surface area contributed by atoms with Gasteiger partial charge in [-0.3, -0.25) is 0 Å². The molecule has 1 aliphatic carbocycles. The van der Waals surface area contributed by atoms with Gasteiger partial charge in [0.15, 0.2) is 6.79 Å². The largest absolute Gasteiger partial charge is 0.471 e. The maximum atomic E-state index is 5.65. The second-order valence-electron chi connectivity index (χ2n) is 4.45. The molecule has 1 heterocycles. The lowest BCUT2D eigenvalue weighted by molar-refractivity contribution is -0.0354. The molecule has 0 saturated carbocycles. The predicted molar refractivity (Wildman–Crippen MR) is 112 cm³/mol. The number of fused-ring (bicyclic) bond motifs is 2. The second-order valence-corrected chi connectivity index (χ2v) is 4.45. The van der Waals surface area contributed by atoms with Gasteiger partial charge in [-0.2, -0.15) is 0 Å². The molecule has 0 atom stereocenters. The summed E-state index contributed by atoms with van der Waals surface area (Å²) in [6, 6.07) is 8.37. The summed E-state index contributed by atoms with van der Waals surface area (Å²) in [5, 5.41) is 0. The molecule has 0 radical (unpaired) electrons. The molecule has 2 heteroatoms. The van der Waals surface area contributed by atoms with Crippen molar-refractivity contribution in [2.24, 2.45) is 0 Å². The van der Waals surface area contributed by atoms with Crippen molar-refractivity contribution in [1.29, 1.82) is 0 Å². The molecule has 25 heavy (non-hydrogen) atoms. The van der Waals surface area contributed by atoms with Gasteiger partial charge in [0.1, 0.15) is 5.76 Å². The van der Waals surface area contributed by atoms with E-state index in [0.717, 1.165) is 18.6 Å². The molecule has 0 fully saturated rings. The Morgan fingerprint density at radius 1 is 1.00 bits per heavy atom. The summed E-state index contributed by atoms with van der Waals surface area (Å²) in [7, 11) is 0. The van der Waals surface area contributed by atoms with E-state index >= 15 is 0 Å². The Morgan fingerprint density at radius 2 is 1.60 bits per heavy atom. The zero-order valence-electron chi connectivity index (χ0n) is 17.4. The summed E-state index contributed by atoms with van der Waals surface area (Å²) in [5.41, 5.74) is 3.71. The molecule has 0 N–H and O–H groups in total. The fourth-order valence-corrected chi connectivity index (χ4v) is 2.21. The quantitative estimate of drug-likeness (QED) is 0.452. The summed E-state index contributed by atoms with van der Waals surface area (Å²) >= 11 is 0. The highest BCUT2D eigenvalue weighted by molar-refractivity contribution is 5.78. The van der Waals surface area contributed by atoms with Crippen LogP contribution in [0.2, 0.25) is 0 Å². The number of allylic oxidation sites excluding steroid dienone is 5. The minimum absolute atomic E-state index is 0.362. The molecular weight excluding hydrogens is 308 g/mol. The first kappa shape index (κ1) is 25.4.